The minimum absolute atomic E-state index is 0.206. The van der Waals surface area contributed by atoms with Crippen LogP contribution in [0.5, 0.6) is 0 Å². The average molecular weight is 286 g/mol. The molecule has 0 aliphatic heterocycles. The SMILES string of the molecule is O=c1c2ccccc2sc2nc(C(Cl)Cl)nn12. The molecule has 3 rings (SSSR count). The van der Waals surface area contributed by atoms with Crippen LogP contribution < -0.4 is 5.56 Å². The van der Waals surface area contributed by atoms with Crippen molar-refractivity contribution in [1.82, 2.24) is 14.6 Å². The topological polar surface area (TPSA) is 47.3 Å². The Balaban J connectivity index is 2.47. The van der Waals surface area contributed by atoms with E-state index in [1.807, 2.05) is 18.2 Å². The third-order valence-corrected chi connectivity index (χ3v) is 3.71. The van der Waals surface area contributed by atoms with Crippen molar-refractivity contribution >= 4 is 49.6 Å². The number of alkyl halides is 2. The van der Waals surface area contributed by atoms with Crippen LogP contribution in [-0.4, -0.2) is 14.6 Å². The van der Waals surface area contributed by atoms with Gasteiger partial charge in [0.1, 0.15) is 0 Å². The van der Waals surface area contributed by atoms with Gasteiger partial charge in [0.05, 0.1) is 5.39 Å². The number of hydrogen-bond acceptors (Lipinski definition) is 4. The van der Waals surface area contributed by atoms with E-state index < -0.39 is 4.84 Å². The van der Waals surface area contributed by atoms with Gasteiger partial charge in [-0.1, -0.05) is 46.7 Å². The second kappa shape index (κ2) is 3.94. The zero-order valence-electron chi connectivity index (χ0n) is 8.30. The molecule has 0 radical (unpaired) electrons. The summed E-state index contributed by atoms with van der Waals surface area (Å²) in [5, 5.41) is 4.61. The van der Waals surface area contributed by atoms with Crippen molar-refractivity contribution in [3.05, 3.63) is 40.4 Å². The molecule has 0 atom stereocenters. The molecule has 0 spiro atoms. The van der Waals surface area contributed by atoms with E-state index >= 15 is 0 Å². The van der Waals surface area contributed by atoms with E-state index in [2.05, 4.69) is 10.1 Å². The van der Waals surface area contributed by atoms with Gasteiger partial charge in [0.2, 0.25) is 4.96 Å². The van der Waals surface area contributed by atoms with Gasteiger partial charge >= 0.3 is 0 Å². The Kier molecular flexibility index (Phi) is 2.54. The van der Waals surface area contributed by atoms with E-state index in [-0.39, 0.29) is 11.4 Å². The average Bonchev–Trinajstić information content (AvgIpc) is 2.74. The second-order valence-corrected chi connectivity index (χ2v) is 5.47. The maximum atomic E-state index is 12.1. The van der Waals surface area contributed by atoms with Crippen molar-refractivity contribution < 1.29 is 0 Å². The molecule has 0 saturated carbocycles. The molecule has 3 aromatic rings. The van der Waals surface area contributed by atoms with Crippen molar-refractivity contribution in [3.8, 4) is 0 Å². The van der Waals surface area contributed by atoms with E-state index in [0.29, 0.717) is 10.3 Å². The summed E-state index contributed by atoms with van der Waals surface area (Å²) in [4.78, 5) is 15.9. The van der Waals surface area contributed by atoms with Gasteiger partial charge in [0, 0.05) is 4.70 Å². The van der Waals surface area contributed by atoms with Crippen LogP contribution in [0.25, 0.3) is 15.0 Å². The van der Waals surface area contributed by atoms with Gasteiger partial charge in [0.15, 0.2) is 10.7 Å². The highest BCUT2D eigenvalue weighted by Gasteiger charge is 2.14. The summed E-state index contributed by atoms with van der Waals surface area (Å²) in [6.45, 7) is 0. The van der Waals surface area contributed by atoms with Crippen molar-refractivity contribution in [2.75, 3.05) is 0 Å². The highest BCUT2D eigenvalue weighted by Crippen LogP contribution is 2.24. The zero-order valence-corrected chi connectivity index (χ0v) is 10.6. The summed E-state index contributed by atoms with van der Waals surface area (Å²) in [7, 11) is 0. The van der Waals surface area contributed by atoms with E-state index in [4.69, 9.17) is 23.2 Å². The lowest BCUT2D eigenvalue weighted by Gasteiger charge is -1.94. The maximum Gasteiger partial charge on any atom is 0.282 e. The largest absolute Gasteiger partial charge is 0.282 e. The van der Waals surface area contributed by atoms with Gasteiger partial charge in [-0.05, 0) is 12.1 Å². The zero-order chi connectivity index (χ0) is 12.0. The highest BCUT2D eigenvalue weighted by atomic mass is 35.5. The lowest BCUT2D eigenvalue weighted by molar-refractivity contribution is 0.898. The van der Waals surface area contributed by atoms with E-state index in [0.717, 1.165) is 4.70 Å². The smallest absolute Gasteiger partial charge is 0.267 e. The van der Waals surface area contributed by atoms with Crippen LogP contribution in [0.15, 0.2) is 29.1 Å². The first-order valence-corrected chi connectivity index (χ1v) is 6.42. The predicted octanol–water partition coefficient (Wildman–Crippen LogP) is 2.78. The fraction of sp³-hybridized carbons (Fsp3) is 0.100. The van der Waals surface area contributed by atoms with Crippen LogP contribution in [0, 0.1) is 0 Å². The van der Waals surface area contributed by atoms with Gasteiger partial charge in [0.25, 0.3) is 5.56 Å². The predicted molar refractivity (Wildman–Crippen MR) is 69.1 cm³/mol. The molecule has 0 bridgehead atoms. The molecule has 0 aliphatic carbocycles. The van der Waals surface area contributed by atoms with Crippen LogP contribution in [0.1, 0.15) is 10.7 Å². The lowest BCUT2D eigenvalue weighted by atomic mass is 10.3. The molecule has 0 unspecified atom stereocenters. The molecule has 2 aromatic heterocycles. The van der Waals surface area contributed by atoms with Crippen molar-refractivity contribution in [1.29, 1.82) is 0 Å². The molecule has 0 saturated heterocycles. The lowest BCUT2D eigenvalue weighted by Crippen LogP contribution is -2.13. The highest BCUT2D eigenvalue weighted by molar-refractivity contribution is 7.23. The number of aromatic nitrogens is 3. The minimum atomic E-state index is -0.829. The van der Waals surface area contributed by atoms with Gasteiger partial charge in [-0.25, -0.2) is 0 Å². The molecule has 1 aromatic carbocycles. The fourth-order valence-corrected chi connectivity index (χ4v) is 2.69. The van der Waals surface area contributed by atoms with Crippen molar-refractivity contribution in [2.24, 2.45) is 0 Å². The number of benzene rings is 1. The number of nitrogens with zero attached hydrogens (tertiary/aromatic N) is 3. The molecule has 7 heteroatoms. The molecule has 0 fully saturated rings. The fourth-order valence-electron chi connectivity index (χ4n) is 1.55. The molecule has 4 nitrogen and oxygen atoms in total. The molecular weight excluding hydrogens is 281 g/mol. The normalized spacial score (nSPS) is 11.7. The van der Waals surface area contributed by atoms with Crippen molar-refractivity contribution in [2.45, 2.75) is 4.84 Å². The van der Waals surface area contributed by atoms with Crippen LogP contribution in [0.4, 0.5) is 0 Å². The number of hydrogen-bond donors (Lipinski definition) is 0. The van der Waals surface area contributed by atoms with Gasteiger partial charge < -0.3 is 0 Å². The van der Waals surface area contributed by atoms with E-state index in [1.54, 1.807) is 6.07 Å². The number of fused-ring (bicyclic) bond motifs is 2. The number of halogens is 2. The molecule has 17 heavy (non-hydrogen) atoms. The quantitative estimate of drug-likeness (QED) is 0.646. The Morgan fingerprint density at radius 1 is 1.29 bits per heavy atom. The van der Waals surface area contributed by atoms with Crippen LogP contribution in [0.2, 0.25) is 0 Å². The molecular formula is C10H5Cl2N3OS. The van der Waals surface area contributed by atoms with E-state index in [1.165, 1.54) is 15.9 Å². The Morgan fingerprint density at radius 2 is 2.06 bits per heavy atom. The summed E-state index contributed by atoms with van der Waals surface area (Å²) in [5.74, 6) is 0.247. The van der Waals surface area contributed by atoms with Gasteiger partial charge in [-0.3, -0.25) is 4.79 Å². The Hall–Kier alpha value is -1.17. The Morgan fingerprint density at radius 3 is 2.82 bits per heavy atom. The van der Waals surface area contributed by atoms with E-state index in [9.17, 15) is 4.79 Å². The van der Waals surface area contributed by atoms with Crippen LogP contribution in [0.3, 0.4) is 0 Å². The van der Waals surface area contributed by atoms with Crippen LogP contribution >= 0.6 is 34.5 Å². The molecule has 0 amide bonds. The third-order valence-electron chi connectivity index (χ3n) is 2.30. The van der Waals surface area contributed by atoms with Crippen LogP contribution in [-0.2, 0) is 0 Å². The third kappa shape index (κ3) is 1.71. The van der Waals surface area contributed by atoms with Gasteiger partial charge in [-0.15, -0.1) is 5.10 Å². The van der Waals surface area contributed by atoms with Gasteiger partial charge in [-0.2, -0.15) is 9.50 Å². The van der Waals surface area contributed by atoms with Crippen molar-refractivity contribution in [3.63, 3.8) is 0 Å². The molecule has 0 N–H and O–H groups in total. The minimum Gasteiger partial charge on any atom is -0.267 e. The first kappa shape index (κ1) is 11.0. The standard InChI is InChI=1S/C10H5Cl2N3OS/c11-7(12)8-13-10-15(14-8)9(16)5-3-1-2-4-6(5)17-10/h1-4,7H. The second-order valence-electron chi connectivity index (χ2n) is 3.37. The molecule has 86 valence electrons. The summed E-state index contributed by atoms with van der Waals surface area (Å²) in [5.41, 5.74) is -0.206. The summed E-state index contributed by atoms with van der Waals surface area (Å²) in [6, 6.07) is 7.31. The maximum absolute atomic E-state index is 12.1. The Bertz CT molecular complexity index is 765. The monoisotopic (exact) mass is 285 g/mol. The summed E-state index contributed by atoms with van der Waals surface area (Å²) >= 11 is 12.8. The first-order valence-electron chi connectivity index (χ1n) is 4.73. The molecule has 0 aliphatic rings. The Labute approximate surface area is 109 Å². The number of rotatable bonds is 1. The summed E-state index contributed by atoms with van der Waals surface area (Å²) < 4.78 is 2.10. The summed E-state index contributed by atoms with van der Waals surface area (Å²) in [6.07, 6.45) is 0. The molecule has 2 heterocycles. The first-order chi connectivity index (χ1) is 8.16.